The van der Waals surface area contributed by atoms with Gasteiger partial charge in [0.25, 0.3) is 5.56 Å². The average molecular weight is 429 g/mol. The van der Waals surface area contributed by atoms with Crippen LogP contribution in [0.1, 0.15) is 71.8 Å². The molecular weight excluding hydrogens is 398 g/mol. The SMILES string of the molecule is COC(=O)c1sc2nc(C[NH2+][C@@H](c3ccc(C(C)C)cc3)C(C)C)[nH]c(=O)c2c1C. The molecule has 3 N–H and O–H groups in total. The van der Waals surface area contributed by atoms with E-state index < -0.39 is 5.97 Å². The third-order valence-corrected chi connectivity index (χ3v) is 6.66. The molecule has 0 unspecified atom stereocenters. The van der Waals surface area contributed by atoms with E-state index in [1.807, 2.05) is 0 Å². The Morgan fingerprint density at radius 1 is 1.17 bits per heavy atom. The Balaban J connectivity index is 1.85. The van der Waals surface area contributed by atoms with Crippen LogP contribution in [-0.2, 0) is 11.3 Å². The van der Waals surface area contributed by atoms with Crippen LogP contribution in [0.15, 0.2) is 29.1 Å². The van der Waals surface area contributed by atoms with E-state index in [1.54, 1.807) is 6.92 Å². The molecule has 0 saturated carbocycles. The van der Waals surface area contributed by atoms with Gasteiger partial charge in [0.05, 0.1) is 12.5 Å². The summed E-state index contributed by atoms with van der Waals surface area (Å²) in [4.78, 5) is 33.1. The van der Waals surface area contributed by atoms with Crippen LogP contribution in [0.25, 0.3) is 10.2 Å². The second kappa shape index (κ2) is 9.10. The van der Waals surface area contributed by atoms with Crippen LogP contribution in [0.4, 0.5) is 0 Å². The Labute approximate surface area is 180 Å². The van der Waals surface area contributed by atoms with Crippen molar-refractivity contribution in [2.75, 3.05) is 7.11 Å². The summed E-state index contributed by atoms with van der Waals surface area (Å²) in [7, 11) is 1.34. The summed E-state index contributed by atoms with van der Waals surface area (Å²) in [5.74, 6) is 1.09. The van der Waals surface area contributed by atoms with Crippen LogP contribution in [0.2, 0.25) is 0 Å². The lowest BCUT2D eigenvalue weighted by molar-refractivity contribution is -0.718. The normalized spacial score (nSPS) is 12.7. The molecular formula is C23H30N3O3S+. The van der Waals surface area contributed by atoms with Crippen LogP contribution in [0, 0.1) is 12.8 Å². The highest BCUT2D eigenvalue weighted by Crippen LogP contribution is 2.27. The molecule has 160 valence electrons. The number of aromatic amines is 1. The minimum atomic E-state index is -0.437. The van der Waals surface area contributed by atoms with Crippen LogP contribution >= 0.6 is 11.3 Å². The molecule has 1 aromatic carbocycles. The number of aromatic nitrogens is 2. The van der Waals surface area contributed by atoms with Crippen molar-refractivity contribution in [1.82, 2.24) is 9.97 Å². The quantitative estimate of drug-likeness (QED) is 0.562. The molecule has 2 heterocycles. The number of nitrogens with two attached hydrogens (primary N) is 1. The maximum absolute atomic E-state index is 12.6. The standard InChI is InChI=1S/C23H29N3O3S/c1-12(2)15-7-9-16(10-8-15)19(13(3)4)24-11-17-25-21(27)18-14(5)20(23(28)29-6)30-22(18)26-17/h7-10,12-13,19,24H,11H2,1-6H3,(H,25,26,27)/p+1/t19-/m1/s1. The fourth-order valence-electron chi connectivity index (χ4n) is 3.71. The zero-order valence-corrected chi connectivity index (χ0v) is 19.2. The molecule has 0 bridgehead atoms. The number of hydrogen-bond donors (Lipinski definition) is 2. The highest BCUT2D eigenvalue weighted by molar-refractivity contribution is 7.20. The highest BCUT2D eigenvalue weighted by atomic mass is 32.1. The van der Waals surface area contributed by atoms with Crippen molar-refractivity contribution >= 4 is 27.5 Å². The predicted octanol–water partition coefficient (Wildman–Crippen LogP) is 3.66. The molecule has 0 aliphatic heterocycles. The molecule has 0 spiro atoms. The monoisotopic (exact) mass is 428 g/mol. The molecule has 6 nitrogen and oxygen atoms in total. The number of benzene rings is 1. The maximum atomic E-state index is 12.6. The number of methoxy groups -OCH3 is 1. The average Bonchev–Trinajstić information content (AvgIpc) is 3.04. The fraction of sp³-hybridized carbons (Fsp3) is 0.435. The Hall–Kier alpha value is -2.51. The Morgan fingerprint density at radius 3 is 2.37 bits per heavy atom. The zero-order valence-electron chi connectivity index (χ0n) is 18.4. The molecule has 3 aromatic rings. The first kappa shape index (κ1) is 22.2. The number of esters is 1. The van der Waals surface area contributed by atoms with Crippen molar-refractivity contribution in [1.29, 1.82) is 0 Å². The molecule has 0 saturated heterocycles. The van der Waals surface area contributed by atoms with Crippen molar-refractivity contribution < 1.29 is 14.8 Å². The lowest BCUT2D eigenvalue weighted by Crippen LogP contribution is -2.85. The minimum absolute atomic E-state index is 0.213. The summed E-state index contributed by atoms with van der Waals surface area (Å²) in [5, 5.41) is 2.68. The van der Waals surface area contributed by atoms with Crippen molar-refractivity contribution in [2.45, 2.75) is 53.1 Å². The van der Waals surface area contributed by atoms with Crippen LogP contribution in [0.5, 0.6) is 0 Å². The van der Waals surface area contributed by atoms with Gasteiger partial charge in [-0.2, -0.15) is 0 Å². The van der Waals surface area contributed by atoms with Gasteiger partial charge in [0.1, 0.15) is 22.3 Å². The lowest BCUT2D eigenvalue weighted by Gasteiger charge is -2.20. The zero-order chi connectivity index (χ0) is 22.0. The number of nitrogens with zero attached hydrogens (tertiary/aromatic N) is 1. The summed E-state index contributed by atoms with van der Waals surface area (Å²) >= 11 is 1.21. The molecule has 30 heavy (non-hydrogen) atoms. The lowest BCUT2D eigenvalue weighted by atomic mass is 9.93. The smallest absolute Gasteiger partial charge is 0.348 e. The summed E-state index contributed by atoms with van der Waals surface area (Å²) in [6.45, 7) is 11.1. The summed E-state index contributed by atoms with van der Waals surface area (Å²) < 4.78 is 4.82. The van der Waals surface area contributed by atoms with Crippen LogP contribution in [0.3, 0.4) is 0 Å². The second-order valence-electron chi connectivity index (χ2n) is 8.27. The summed E-state index contributed by atoms with van der Waals surface area (Å²) in [6.07, 6.45) is 0. The predicted molar refractivity (Wildman–Crippen MR) is 120 cm³/mol. The molecule has 2 aromatic heterocycles. The van der Waals surface area contributed by atoms with Crippen molar-refractivity contribution in [3.63, 3.8) is 0 Å². The number of nitrogens with one attached hydrogen (secondary N) is 1. The van der Waals surface area contributed by atoms with Gasteiger partial charge in [-0.15, -0.1) is 11.3 Å². The van der Waals surface area contributed by atoms with E-state index in [4.69, 9.17) is 4.74 Å². The van der Waals surface area contributed by atoms with Gasteiger partial charge >= 0.3 is 5.97 Å². The molecule has 0 fully saturated rings. The van der Waals surface area contributed by atoms with Gasteiger partial charge in [-0.3, -0.25) is 4.79 Å². The topological polar surface area (TPSA) is 88.7 Å². The molecule has 7 heteroatoms. The van der Waals surface area contributed by atoms with Crippen molar-refractivity contribution in [2.24, 2.45) is 5.92 Å². The Morgan fingerprint density at radius 2 is 1.80 bits per heavy atom. The number of thiophene rings is 1. The van der Waals surface area contributed by atoms with Crippen LogP contribution in [-0.4, -0.2) is 23.0 Å². The number of aryl methyl sites for hydroxylation is 1. The van der Waals surface area contributed by atoms with Crippen LogP contribution < -0.4 is 10.9 Å². The van der Waals surface area contributed by atoms with Gasteiger partial charge in [0.15, 0.2) is 5.82 Å². The molecule has 3 rings (SSSR count). The number of hydrogen-bond acceptors (Lipinski definition) is 5. The maximum Gasteiger partial charge on any atom is 0.348 e. The molecule has 0 amide bonds. The number of fused-ring (bicyclic) bond motifs is 1. The van der Waals surface area contributed by atoms with Gasteiger partial charge in [-0.25, -0.2) is 9.78 Å². The Kier molecular flexibility index (Phi) is 6.73. The van der Waals surface area contributed by atoms with E-state index in [0.717, 1.165) is 0 Å². The van der Waals surface area contributed by atoms with E-state index in [0.29, 0.717) is 44.9 Å². The number of quaternary nitrogens is 1. The Bertz CT molecular complexity index is 1100. The first-order valence-corrected chi connectivity index (χ1v) is 11.1. The second-order valence-corrected chi connectivity index (χ2v) is 9.27. The number of ether oxygens (including phenoxy) is 1. The molecule has 0 aliphatic carbocycles. The number of rotatable bonds is 7. The van der Waals surface area contributed by atoms with Gasteiger partial charge in [-0.05, 0) is 24.0 Å². The van der Waals surface area contributed by atoms with Crippen molar-refractivity contribution in [3.05, 3.63) is 62.0 Å². The molecule has 0 radical (unpaired) electrons. The minimum Gasteiger partial charge on any atom is -0.465 e. The molecule has 0 aliphatic rings. The van der Waals surface area contributed by atoms with E-state index >= 15 is 0 Å². The number of carbonyl (C=O) groups excluding carboxylic acids is 1. The largest absolute Gasteiger partial charge is 0.465 e. The third-order valence-electron chi connectivity index (χ3n) is 5.49. The van der Waals surface area contributed by atoms with E-state index in [-0.39, 0.29) is 11.6 Å². The number of carbonyl (C=O) groups is 1. The number of H-pyrrole nitrogens is 1. The van der Waals surface area contributed by atoms with E-state index in [9.17, 15) is 9.59 Å². The van der Waals surface area contributed by atoms with E-state index in [2.05, 4.69) is 67.2 Å². The third kappa shape index (κ3) is 4.47. The fourth-order valence-corrected chi connectivity index (χ4v) is 4.83. The van der Waals surface area contributed by atoms with Gasteiger partial charge in [-0.1, -0.05) is 52.0 Å². The highest BCUT2D eigenvalue weighted by Gasteiger charge is 2.22. The van der Waals surface area contributed by atoms with Gasteiger partial charge < -0.3 is 15.0 Å². The van der Waals surface area contributed by atoms with Gasteiger partial charge in [0, 0.05) is 11.5 Å². The summed E-state index contributed by atoms with van der Waals surface area (Å²) in [6, 6.07) is 9.03. The van der Waals surface area contributed by atoms with Crippen molar-refractivity contribution in [3.8, 4) is 0 Å². The van der Waals surface area contributed by atoms with Gasteiger partial charge in [0.2, 0.25) is 0 Å². The first-order chi connectivity index (χ1) is 14.2. The summed E-state index contributed by atoms with van der Waals surface area (Å²) in [5.41, 5.74) is 3.00. The first-order valence-electron chi connectivity index (χ1n) is 10.3. The van der Waals surface area contributed by atoms with E-state index in [1.165, 1.54) is 29.6 Å². The molecule has 1 atom stereocenters.